The molecule has 2 aromatic rings. The summed E-state index contributed by atoms with van der Waals surface area (Å²) >= 11 is 0. The summed E-state index contributed by atoms with van der Waals surface area (Å²) < 4.78 is 5.75. The van der Waals surface area contributed by atoms with Gasteiger partial charge in [0.15, 0.2) is 0 Å². The predicted octanol–water partition coefficient (Wildman–Crippen LogP) is 1.20. The van der Waals surface area contributed by atoms with Gasteiger partial charge in [0.2, 0.25) is 0 Å². The number of hydrogen-bond donors (Lipinski definition) is 1. The van der Waals surface area contributed by atoms with Gasteiger partial charge in [0.05, 0.1) is 25.2 Å². The molecule has 0 radical (unpaired) electrons. The minimum atomic E-state index is 0.460. The van der Waals surface area contributed by atoms with E-state index in [2.05, 4.69) is 31.8 Å². The van der Waals surface area contributed by atoms with Crippen molar-refractivity contribution < 1.29 is 4.74 Å². The zero-order valence-electron chi connectivity index (χ0n) is 12.3. The van der Waals surface area contributed by atoms with Gasteiger partial charge >= 0.3 is 0 Å². The fourth-order valence-electron chi connectivity index (χ4n) is 2.71. The molecule has 1 aliphatic rings. The monoisotopic (exact) mass is 287 g/mol. The van der Waals surface area contributed by atoms with Crippen molar-refractivity contribution in [3.8, 4) is 0 Å². The molecule has 0 saturated carbocycles. The van der Waals surface area contributed by atoms with E-state index >= 15 is 0 Å². The van der Waals surface area contributed by atoms with Crippen LogP contribution in [0.1, 0.15) is 17.1 Å². The lowest BCUT2D eigenvalue weighted by atomic mass is 10.0. The fraction of sp³-hybridized carbons (Fsp3) is 0.533. The Bertz CT molecular complexity index is 556. The summed E-state index contributed by atoms with van der Waals surface area (Å²) in [6.45, 7) is 6.47. The molecule has 112 valence electrons. The average Bonchev–Trinajstić information content (AvgIpc) is 2.76. The second kappa shape index (κ2) is 6.78. The summed E-state index contributed by atoms with van der Waals surface area (Å²) in [5.74, 6) is 0.460. The first kappa shape index (κ1) is 14.2. The first-order valence-electron chi connectivity index (χ1n) is 7.35. The van der Waals surface area contributed by atoms with Gasteiger partial charge in [-0.1, -0.05) is 0 Å². The number of nitrogens with zero attached hydrogens (tertiary/aromatic N) is 4. The summed E-state index contributed by atoms with van der Waals surface area (Å²) in [4.78, 5) is 18.2. The van der Waals surface area contributed by atoms with Gasteiger partial charge in [0.25, 0.3) is 0 Å². The number of aromatic nitrogens is 4. The van der Waals surface area contributed by atoms with Crippen molar-refractivity contribution >= 4 is 0 Å². The molecule has 1 atom stereocenters. The Labute approximate surface area is 124 Å². The Balaban J connectivity index is 1.62. The molecule has 0 unspecified atom stereocenters. The van der Waals surface area contributed by atoms with Crippen molar-refractivity contribution in [3.63, 3.8) is 0 Å². The quantitative estimate of drug-likeness (QED) is 0.915. The standard InChI is InChI=1S/C15H21N5O/c1-12-15(19-11-17-12)8-20-4-5-21-9-13(7-20)6-14-2-3-16-10-18-14/h2-3,10-11,13H,4-9H2,1H3,(H,17,19)/t13-/m1/s1. The smallest absolute Gasteiger partial charge is 0.115 e. The molecule has 21 heavy (non-hydrogen) atoms. The third-order valence-electron chi connectivity index (χ3n) is 3.87. The topological polar surface area (TPSA) is 66.9 Å². The van der Waals surface area contributed by atoms with Crippen LogP contribution in [0.2, 0.25) is 0 Å². The molecule has 0 aromatic carbocycles. The highest BCUT2D eigenvalue weighted by atomic mass is 16.5. The van der Waals surface area contributed by atoms with Gasteiger partial charge in [-0.05, 0) is 19.4 Å². The lowest BCUT2D eigenvalue weighted by Crippen LogP contribution is -2.31. The Morgan fingerprint density at radius 3 is 3.14 bits per heavy atom. The van der Waals surface area contributed by atoms with Crippen LogP contribution in [0.5, 0.6) is 0 Å². The van der Waals surface area contributed by atoms with Crippen molar-refractivity contribution in [3.05, 3.63) is 42.0 Å². The van der Waals surface area contributed by atoms with Crippen LogP contribution in [0, 0.1) is 12.8 Å². The molecule has 0 aliphatic carbocycles. The minimum Gasteiger partial charge on any atom is -0.380 e. The largest absolute Gasteiger partial charge is 0.380 e. The zero-order chi connectivity index (χ0) is 14.5. The maximum atomic E-state index is 5.75. The van der Waals surface area contributed by atoms with E-state index in [-0.39, 0.29) is 0 Å². The van der Waals surface area contributed by atoms with Gasteiger partial charge in [0.1, 0.15) is 6.33 Å². The maximum absolute atomic E-state index is 5.75. The van der Waals surface area contributed by atoms with Crippen LogP contribution >= 0.6 is 0 Å². The van der Waals surface area contributed by atoms with E-state index in [1.807, 2.05) is 6.07 Å². The lowest BCUT2D eigenvalue weighted by Gasteiger charge is -2.22. The molecule has 6 heteroatoms. The molecule has 3 rings (SSSR count). The van der Waals surface area contributed by atoms with E-state index in [0.717, 1.165) is 56.4 Å². The van der Waals surface area contributed by atoms with Crippen LogP contribution < -0.4 is 0 Å². The first-order valence-corrected chi connectivity index (χ1v) is 7.35. The molecule has 3 heterocycles. The van der Waals surface area contributed by atoms with Crippen molar-refractivity contribution in [2.24, 2.45) is 5.92 Å². The molecule has 1 fully saturated rings. The second-order valence-corrected chi connectivity index (χ2v) is 5.56. The van der Waals surface area contributed by atoms with E-state index in [1.54, 1.807) is 18.9 Å². The van der Waals surface area contributed by atoms with Gasteiger partial charge in [-0.2, -0.15) is 0 Å². The highest BCUT2D eigenvalue weighted by Crippen LogP contribution is 2.15. The number of ether oxygens (including phenoxy) is 1. The molecule has 1 aliphatic heterocycles. The Hall–Kier alpha value is -1.79. The molecule has 0 spiro atoms. The van der Waals surface area contributed by atoms with Crippen LogP contribution in [-0.4, -0.2) is 51.1 Å². The van der Waals surface area contributed by atoms with Gasteiger partial charge in [0, 0.05) is 43.1 Å². The number of aromatic amines is 1. The Morgan fingerprint density at radius 1 is 1.43 bits per heavy atom. The summed E-state index contributed by atoms with van der Waals surface area (Å²) in [5.41, 5.74) is 3.35. The predicted molar refractivity (Wildman–Crippen MR) is 78.6 cm³/mol. The third-order valence-corrected chi connectivity index (χ3v) is 3.87. The number of nitrogens with one attached hydrogen (secondary N) is 1. The van der Waals surface area contributed by atoms with E-state index in [0.29, 0.717) is 5.92 Å². The second-order valence-electron chi connectivity index (χ2n) is 5.56. The number of aryl methyl sites for hydroxylation is 1. The molecule has 2 aromatic heterocycles. The Kier molecular flexibility index (Phi) is 4.57. The van der Waals surface area contributed by atoms with Crippen LogP contribution in [0.15, 0.2) is 24.9 Å². The van der Waals surface area contributed by atoms with Crippen LogP contribution in [-0.2, 0) is 17.7 Å². The van der Waals surface area contributed by atoms with E-state index in [1.165, 1.54) is 0 Å². The normalized spacial score (nSPS) is 20.3. The summed E-state index contributed by atoms with van der Waals surface area (Å²) in [6, 6.07) is 1.98. The zero-order valence-corrected chi connectivity index (χ0v) is 12.3. The fourth-order valence-corrected chi connectivity index (χ4v) is 2.71. The van der Waals surface area contributed by atoms with E-state index in [9.17, 15) is 0 Å². The van der Waals surface area contributed by atoms with Crippen molar-refractivity contribution in [2.45, 2.75) is 19.9 Å². The van der Waals surface area contributed by atoms with Crippen LogP contribution in [0.3, 0.4) is 0 Å². The minimum absolute atomic E-state index is 0.460. The van der Waals surface area contributed by atoms with Gasteiger partial charge in [-0.3, -0.25) is 4.90 Å². The third kappa shape index (κ3) is 3.86. The van der Waals surface area contributed by atoms with Gasteiger partial charge < -0.3 is 9.72 Å². The van der Waals surface area contributed by atoms with Gasteiger partial charge in [-0.25, -0.2) is 15.0 Å². The molecule has 1 saturated heterocycles. The van der Waals surface area contributed by atoms with Crippen molar-refractivity contribution in [1.29, 1.82) is 0 Å². The number of imidazole rings is 1. The molecule has 0 amide bonds. The molecule has 1 N–H and O–H groups in total. The number of H-pyrrole nitrogens is 1. The highest BCUT2D eigenvalue weighted by Gasteiger charge is 2.20. The average molecular weight is 287 g/mol. The van der Waals surface area contributed by atoms with Crippen LogP contribution in [0.25, 0.3) is 0 Å². The molecule has 6 nitrogen and oxygen atoms in total. The summed E-state index contributed by atoms with van der Waals surface area (Å²) in [6.07, 6.45) is 6.10. The molecule has 0 bridgehead atoms. The van der Waals surface area contributed by atoms with E-state index < -0.39 is 0 Å². The van der Waals surface area contributed by atoms with Crippen molar-refractivity contribution in [2.75, 3.05) is 26.3 Å². The molecular weight excluding hydrogens is 266 g/mol. The van der Waals surface area contributed by atoms with Crippen molar-refractivity contribution in [1.82, 2.24) is 24.8 Å². The Morgan fingerprint density at radius 2 is 2.38 bits per heavy atom. The molecular formula is C15H21N5O. The first-order chi connectivity index (χ1) is 10.3. The SMILES string of the molecule is Cc1[nH]cnc1CN1CCOC[C@H](Cc2ccncn2)C1. The maximum Gasteiger partial charge on any atom is 0.115 e. The number of hydrogen-bond acceptors (Lipinski definition) is 5. The highest BCUT2D eigenvalue weighted by molar-refractivity contribution is 5.08. The summed E-state index contributed by atoms with van der Waals surface area (Å²) in [5, 5.41) is 0. The van der Waals surface area contributed by atoms with E-state index in [4.69, 9.17) is 4.74 Å². The number of rotatable bonds is 4. The summed E-state index contributed by atoms with van der Waals surface area (Å²) in [7, 11) is 0. The van der Waals surface area contributed by atoms with Gasteiger partial charge in [-0.15, -0.1) is 0 Å². The van der Waals surface area contributed by atoms with Crippen LogP contribution in [0.4, 0.5) is 0 Å². The lowest BCUT2D eigenvalue weighted by molar-refractivity contribution is 0.121.